The minimum Gasteiger partial charge on any atom is -0.507 e. The number of carbonyl (C=O) groups excluding carboxylic acids is 2. The van der Waals surface area contributed by atoms with E-state index in [4.69, 9.17) is 4.74 Å². The van der Waals surface area contributed by atoms with Gasteiger partial charge in [-0.05, 0) is 43.5 Å². The minimum absolute atomic E-state index is 0.102. The van der Waals surface area contributed by atoms with Crippen molar-refractivity contribution in [3.05, 3.63) is 107 Å². The molecular formula is C28H27NO4. The van der Waals surface area contributed by atoms with Crippen molar-refractivity contribution in [2.24, 2.45) is 0 Å². The SMILES string of the molecule is CCOc1cccc(C(O)=C2C(=O)C(=O)N(CCc3ccccc3)C2c2ccc(C)cc2)c1. The summed E-state index contributed by atoms with van der Waals surface area (Å²) < 4.78 is 5.54. The third-order valence-electron chi connectivity index (χ3n) is 5.84. The number of likely N-dealkylation sites (tertiary alicyclic amines) is 1. The number of carbonyl (C=O) groups is 2. The first-order valence-corrected chi connectivity index (χ1v) is 11.1. The highest BCUT2D eigenvalue weighted by Crippen LogP contribution is 2.39. The van der Waals surface area contributed by atoms with Crippen molar-refractivity contribution in [1.82, 2.24) is 4.90 Å². The summed E-state index contributed by atoms with van der Waals surface area (Å²) in [7, 11) is 0. The van der Waals surface area contributed by atoms with Crippen LogP contribution in [0.4, 0.5) is 0 Å². The van der Waals surface area contributed by atoms with E-state index in [9.17, 15) is 14.7 Å². The first-order valence-electron chi connectivity index (χ1n) is 11.1. The van der Waals surface area contributed by atoms with Crippen LogP contribution >= 0.6 is 0 Å². The lowest BCUT2D eigenvalue weighted by atomic mass is 9.94. The van der Waals surface area contributed by atoms with Gasteiger partial charge in [0.15, 0.2) is 0 Å². The standard InChI is InChI=1S/C28H27NO4/c1-3-33-23-11-7-10-22(18-23)26(30)24-25(21-14-12-19(2)13-15-21)29(28(32)27(24)31)17-16-20-8-5-4-6-9-20/h4-15,18,25,30H,3,16-17H2,1-2H3. The Morgan fingerprint density at radius 3 is 2.39 bits per heavy atom. The third-order valence-corrected chi connectivity index (χ3v) is 5.84. The van der Waals surface area contributed by atoms with Crippen LogP contribution in [0.1, 0.15) is 35.2 Å². The number of benzene rings is 3. The van der Waals surface area contributed by atoms with Crippen molar-refractivity contribution >= 4 is 17.4 Å². The van der Waals surface area contributed by atoms with Gasteiger partial charge in [-0.25, -0.2) is 0 Å². The van der Waals surface area contributed by atoms with Crippen LogP contribution in [-0.4, -0.2) is 34.8 Å². The third kappa shape index (κ3) is 4.67. The molecule has 5 nitrogen and oxygen atoms in total. The van der Waals surface area contributed by atoms with Crippen molar-refractivity contribution in [3.63, 3.8) is 0 Å². The van der Waals surface area contributed by atoms with Crippen LogP contribution in [0.3, 0.4) is 0 Å². The second-order valence-electron chi connectivity index (χ2n) is 8.10. The predicted molar refractivity (Wildman–Crippen MR) is 128 cm³/mol. The minimum atomic E-state index is -0.673. The van der Waals surface area contributed by atoms with Gasteiger partial charge in [0.2, 0.25) is 0 Å². The fraction of sp³-hybridized carbons (Fsp3) is 0.214. The van der Waals surface area contributed by atoms with Gasteiger partial charge >= 0.3 is 0 Å². The summed E-state index contributed by atoms with van der Waals surface area (Å²) in [6.07, 6.45) is 0.607. The first kappa shape index (κ1) is 22.3. The van der Waals surface area contributed by atoms with Gasteiger partial charge in [-0.2, -0.15) is 0 Å². The second kappa shape index (κ2) is 9.74. The zero-order chi connectivity index (χ0) is 23.4. The number of amides is 1. The molecule has 1 N–H and O–H groups in total. The van der Waals surface area contributed by atoms with Crippen LogP contribution in [0.5, 0.6) is 5.75 Å². The molecule has 33 heavy (non-hydrogen) atoms. The van der Waals surface area contributed by atoms with Crippen molar-refractivity contribution in [3.8, 4) is 5.75 Å². The van der Waals surface area contributed by atoms with E-state index in [2.05, 4.69) is 0 Å². The smallest absolute Gasteiger partial charge is 0.295 e. The van der Waals surface area contributed by atoms with E-state index in [-0.39, 0.29) is 11.3 Å². The topological polar surface area (TPSA) is 66.8 Å². The fourth-order valence-corrected chi connectivity index (χ4v) is 4.16. The highest BCUT2D eigenvalue weighted by molar-refractivity contribution is 6.46. The average molecular weight is 442 g/mol. The molecule has 1 amide bonds. The van der Waals surface area contributed by atoms with Crippen LogP contribution < -0.4 is 4.74 Å². The fourth-order valence-electron chi connectivity index (χ4n) is 4.16. The molecule has 0 spiro atoms. The second-order valence-corrected chi connectivity index (χ2v) is 8.10. The summed E-state index contributed by atoms with van der Waals surface area (Å²) in [5, 5.41) is 11.2. The van der Waals surface area contributed by atoms with Gasteiger partial charge < -0.3 is 14.7 Å². The summed E-state index contributed by atoms with van der Waals surface area (Å²) >= 11 is 0. The molecule has 1 unspecified atom stereocenters. The number of hydrogen-bond donors (Lipinski definition) is 1. The summed E-state index contributed by atoms with van der Waals surface area (Å²) in [6, 6.07) is 23.8. The van der Waals surface area contributed by atoms with E-state index in [1.165, 1.54) is 0 Å². The lowest BCUT2D eigenvalue weighted by molar-refractivity contribution is -0.139. The summed E-state index contributed by atoms with van der Waals surface area (Å²) in [4.78, 5) is 27.8. The average Bonchev–Trinajstić information content (AvgIpc) is 3.08. The summed E-state index contributed by atoms with van der Waals surface area (Å²) in [6.45, 7) is 4.71. The Balaban J connectivity index is 1.78. The molecule has 1 saturated heterocycles. The molecule has 1 atom stereocenters. The summed E-state index contributed by atoms with van der Waals surface area (Å²) in [5.41, 5.74) is 3.48. The molecule has 3 aromatic rings. The molecule has 0 aliphatic carbocycles. The van der Waals surface area contributed by atoms with Crippen molar-refractivity contribution < 1.29 is 19.4 Å². The maximum atomic E-state index is 13.2. The van der Waals surface area contributed by atoms with E-state index in [0.717, 1.165) is 16.7 Å². The molecule has 1 heterocycles. The molecule has 168 valence electrons. The van der Waals surface area contributed by atoms with Gasteiger partial charge in [-0.15, -0.1) is 0 Å². The molecule has 1 aliphatic heterocycles. The van der Waals surface area contributed by atoms with Crippen LogP contribution in [-0.2, 0) is 16.0 Å². The number of rotatable bonds is 7. The first-order chi connectivity index (χ1) is 16.0. The lowest BCUT2D eigenvalue weighted by Crippen LogP contribution is -2.31. The van der Waals surface area contributed by atoms with Crippen molar-refractivity contribution in [1.29, 1.82) is 0 Å². The van der Waals surface area contributed by atoms with Crippen LogP contribution in [0.25, 0.3) is 5.76 Å². The molecule has 1 aliphatic rings. The zero-order valence-electron chi connectivity index (χ0n) is 18.8. The van der Waals surface area contributed by atoms with E-state index in [0.29, 0.717) is 30.9 Å². The van der Waals surface area contributed by atoms with Gasteiger partial charge in [0.1, 0.15) is 11.5 Å². The molecule has 0 radical (unpaired) electrons. The molecule has 1 fully saturated rings. The van der Waals surface area contributed by atoms with E-state index in [1.54, 1.807) is 29.2 Å². The number of Topliss-reactive ketones (excluding diaryl/α,β-unsaturated/α-hetero) is 1. The van der Waals surface area contributed by atoms with Crippen LogP contribution in [0.15, 0.2) is 84.4 Å². The van der Waals surface area contributed by atoms with Gasteiger partial charge in [0.25, 0.3) is 11.7 Å². The van der Waals surface area contributed by atoms with Crippen molar-refractivity contribution in [2.75, 3.05) is 13.2 Å². The number of aryl methyl sites for hydroxylation is 1. The zero-order valence-corrected chi connectivity index (χ0v) is 18.8. The number of aliphatic hydroxyl groups excluding tert-OH is 1. The highest BCUT2D eigenvalue weighted by Gasteiger charge is 2.45. The maximum absolute atomic E-state index is 13.2. The molecule has 5 heteroatoms. The Morgan fingerprint density at radius 2 is 1.70 bits per heavy atom. The molecule has 4 rings (SSSR count). The summed E-state index contributed by atoms with van der Waals surface area (Å²) in [5.74, 6) is -0.874. The molecular weight excluding hydrogens is 414 g/mol. The van der Waals surface area contributed by atoms with Crippen LogP contribution in [0.2, 0.25) is 0 Å². The van der Waals surface area contributed by atoms with Crippen molar-refractivity contribution in [2.45, 2.75) is 26.3 Å². The maximum Gasteiger partial charge on any atom is 0.295 e. The molecule has 0 saturated carbocycles. The number of ether oxygens (including phenoxy) is 1. The Kier molecular flexibility index (Phi) is 6.59. The quantitative estimate of drug-likeness (QED) is 0.316. The predicted octanol–water partition coefficient (Wildman–Crippen LogP) is 5.06. The van der Waals surface area contributed by atoms with E-state index in [1.807, 2.05) is 68.4 Å². The number of aliphatic hydroxyl groups is 1. The number of hydrogen-bond acceptors (Lipinski definition) is 4. The molecule has 0 bridgehead atoms. The Bertz CT molecular complexity index is 1180. The molecule has 0 aromatic heterocycles. The Morgan fingerprint density at radius 1 is 0.970 bits per heavy atom. The monoisotopic (exact) mass is 441 g/mol. The van der Waals surface area contributed by atoms with Crippen LogP contribution in [0, 0.1) is 6.92 Å². The Labute approximate surface area is 193 Å². The number of nitrogens with zero attached hydrogens (tertiary/aromatic N) is 1. The Hall–Kier alpha value is -3.86. The normalized spacial score (nSPS) is 17.4. The van der Waals surface area contributed by atoms with E-state index < -0.39 is 17.7 Å². The molecule has 3 aromatic carbocycles. The van der Waals surface area contributed by atoms with Gasteiger partial charge in [0, 0.05) is 12.1 Å². The lowest BCUT2D eigenvalue weighted by Gasteiger charge is -2.25. The highest BCUT2D eigenvalue weighted by atomic mass is 16.5. The van der Waals surface area contributed by atoms with Gasteiger partial charge in [0.05, 0.1) is 18.2 Å². The van der Waals surface area contributed by atoms with Gasteiger partial charge in [-0.1, -0.05) is 72.3 Å². The number of ketones is 1. The van der Waals surface area contributed by atoms with E-state index >= 15 is 0 Å². The largest absolute Gasteiger partial charge is 0.507 e. The van der Waals surface area contributed by atoms with Gasteiger partial charge in [-0.3, -0.25) is 9.59 Å².